The Morgan fingerprint density at radius 2 is 1.59 bits per heavy atom. The molecule has 0 atom stereocenters. The van der Waals surface area contributed by atoms with Crippen LogP contribution in [0.5, 0.6) is 0 Å². The highest BCUT2D eigenvalue weighted by Crippen LogP contribution is 2.12. The lowest BCUT2D eigenvalue weighted by Gasteiger charge is -2.11. The average molecular weight is 230 g/mol. The molecular formula is C13H18N4. The fourth-order valence-electron chi connectivity index (χ4n) is 1.15. The van der Waals surface area contributed by atoms with E-state index in [2.05, 4.69) is 4.98 Å². The average Bonchev–Trinajstić information content (AvgIpc) is 2.31. The van der Waals surface area contributed by atoms with E-state index in [0.717, 1.165) is 5.69 Å². The highest BCUT2D eigenvalue weighted by atomic mass is 15.1. The van der Waals surface area contributed by atoms with E-state index >= 15 is 0 Å². The second-order valence-corrected chi connectivity index (χ2v) is 3.77. The maximum atomic E-state index is 5.51. The minimum Gasteiger partial charge on any atom is -0.399 e. The molecule has 4 nitrogen and oxygen atoms in total. The zero-order valence-corrected chi connectivity index (χ0v) is 10.2. The molecule has 0 fully saturated rings. The van der Waals surface area contributed by atoms with E-state index in [1.165, 1.54) is 5.69 Å². The Hall–Kier alpha value is -2.23. The largest absolute Gasteiger partial charge is 0.399 e. The standard InChI is InChI=1S/C8H12N2.C5H6N2/c1-10(2)8-5-3-7(9)4-6-8;6-5-2-1-3-7-4-5/h3-6H,9H2,1-2H3;1-4H,6H2. The van der Waals surface area contributed by atoms with Crippen molar-refractivity contribution < 1.29 is 0 Å². The van der Waals surface area contributed by atoms with Gasteiger partial charge in [-0.1, -0.05) is 0 Å². The maximum absolute atomic E-state index is 5.51. The number of nitrogen functional groups attached to an aromatic ring is 2. The molecule has 0 saturated heterocycles. The van der Waals surface area contributed by atoms with Crippen LogP contribution in [0.2, 0.25) is 0 Å². The van der Waals surface area contributed by atoms with Gasteiger partial charge >= 0.3 is 0 Å². The molecule has 4 heteroatoms. The molecule has 2 rings (SSSR count). The number of nitrogens with zero attached hydrogens (tertiary/aromatic N) is 2. The Morgan fingerprint density at radius 1 is 0.941 bits per heavy atom. The molecular weight excluding hydrogens is 212 g/mol. The summed E-state index contributed by atoms with van der Waals surface area (Å²) in [6.07, 6.45) is 3.30. The molecule has 0 amide bonds. The van der Waals surface area contributed by atoms with Gasteiger partial charge in [0.25, 0.3) is 0 Å². The molecule has 0 aliphatic carbocycles. The van der Waals surface area contributed by atoms with Gasteiger partial charge in [0.1, 0.15) is 0 Å². The van der Waals surface area contributed by atoms with Gasteiger partial charge in [-0.25, -0.2) is 0 Å². The van der Waals surface area contributed by atoms with Crippen molar-refractivity contribution in [2.75, 3.05) is 30.5 Å². The first-order valence-electron chi connectivity index (χ1n) is 5.28. The molecule has 4 N–H and O–H groups in total. The normalized spacial score (nSPS) is 9.06. The lowest BCUT2D eigenvalue weighted by atomic mass is 10.3. The van der Waals surface area contributed by atoms with Gasteiger partial charge in [-0.2, -0.15) is 0 Å². The molecule has 0 saturated carbocycles. The van der Waals surface area contributed by atoms with Gasteiger partial charge in [0.05, 0.1) is 5.69 Å². The highest BCUT2D eigenvalue weighted by molar-refractivity contribution is 5.51. The van der Waals surface area contributed by atoms with Gasteiger partial charge in [0.15, 0.2) is 0 Å². The van der Waals surface area contributed by atoms with Crippen LogP contribution < -0.4 is 16.4 Å². The molecule has 1 heterocycles. The van der Waals surface area contributed by atoms with E-state index in [-0.39, 0.29) is 0 Å². The van der Waals surface area contributed by atoms with E-state index in [1.807, 2.05) is 43.3 Å². The molecule has 17 heavy (non-hydrogen) atoms. The van der Waals surface area contributed by atoms with Crippen molar-refractivity contribution in [1.82, 2.24) is 4.98 Å². The second kappa shape index (κ2) is 6.37. The van der Waals surface area contributed by atoms with E-state index in [0.29, 0.717) is 5.69 Å². The van der Waals surface area contributed by atoms with Crippen LogP contribution >= 0.6 is 0 Å². The SMILES string of the molecule is CN(C)c1ccc(N)cc1.Nc1cccnc1. The van der Waals surface area contributed by atoms with Crippen molar-refractivity contribution in [3.8, 4) is 0 Å². The molecule has 0 aliphatic heterocycles. The van der Waals surface area contributed by atoms with Crippen molar-refractivity contribution in [2.24, 2.45) is 0 Å². The number of hydrogen-bond acceptors (Lipinski definition) is 4. The van der Waals surface area contributed by atoms with Crippen LogP contribution in [0.1, 0.15) is 0 Å². The quantitative estimate of drug-likeness (QED) is 0.735. The molecule has 90 valence electrons. The van der Waals surface area contributed by atoms with Crippen molar-refractivity contribution in [3.63, 3.8) is 0 Å². The van der Waals surface area contributed by atoms with Gasteiger partial charge in [0.2, 0.25) is 0 Å². The number of rotatable bonds is 1. The summed E-state index contributed by atoms with van der Waals surface area (Å²) in [6, 6.07) is 11.4. The maximum Gasteiger partial charge on any atom is 0.0500 e. The second-order valence-electron chi connectivity index (χ2n) is 3.77. The number of aromatic nitrogens is 1. The Bertz CT molecular complexity index is 423. The summed E-state index contributed by atoms with van der Waals surface area (Å²) in [5.41, 5.74) is 13.5. The Kier molecular flexibility index (Phi) is 4.81. The lowest BCUT2D eigenvalue weighted by molar-refractivity contribution is 1.13. The first-order chi connectivity index (χ1) is 8.09. The molecule has 0 unspecified atom stereocenters. The van der Waals surface area contributed by atoms with Crippen molar-refractivity contribution in [2.45, 2.75) is 0 Å². The fourth-order valence-corrected chi connectivity index (χ4v) is 1.15. The number of benzene rings is 1. The summed E-state index contributed by atoms with van der Waals surface area (Å²) in [7, 11) is 4.01. The summed E-state index contributed by atoms with van der Waals surface area (Å²) in [4.78, 5) is 5.80. The van der Waals surface area contributed by atoms with Crippen LogP contribution in [0, 0.1) is 0 Å². The minimum absolute atomic E-state index is 0.711. The summed E-state index contributed by atoms with van der Waals surface area (Å²) in [5, 5.41) is 0. The van der Waals surface area contributed by atoms with Crippen LogP contribution in [0.3, 0.4) is 0 Å². The van der Waals surface area contributed by atoms with E-state index in [4.69, 9.17) is 11.5 Å². The van der Waals surface area contributed by atoms with Crippen molar-refractivity contribution in [3.05, 3.63) is 48.8 Å². The summed E-state index contributed by atoms with van der Waals surface area (Å²) in [5.74, 6) is 0. The Labute approximate surface area is 102 Å². The molecule has 0 radical (unpaired) electrons. The predicted molar refractivity (Wildman–Crippen MR) is 73.8 cm³/mol. The van der Waals surface area contributed by atoms with Gasteiger partial charge in [0, 0.05) is 37.9 Å². The fraction of sp³-hybridized carbons (Fsp3) is 0.154. The number of nitrogens with two attached hydrogens (primary N) is 2. The predicted octanol–water partition coefficient (Wildman–Crippen LogP) is 2.00. The molecule has 2 aromatic rings. The van der Waals surface area contributed by atoms with Gasteiger partial charge in [-0.15, -0.1) is 0 Å². The smallest absolute Gasteiger partial charge is 0.0500 e. The monoisotopic (exact) mass is 230 g/mol. The zero-order chi connectivity index (χ0) is 12.7. The first-order valence-corrected chi connectivity index (χ1v) is 5.28. The van der Waals surface area contributed by atoms with Crippen LogP contribution in [0.15, 0.2) is 48.8 Å². The van der Waals surface area contributed by atoms with Crippen molar-refractivity contribution >= 4 is 17.1 Å². The first kappa shape index (κ1) is 12.8. The van der Waals surface area contributed by atoms with Crippen LogP contribution in [0.25, 0.3) is 0 Å². The number of anilines is 3. The molecule has 0 aliphatic rings. The van der Waals surface area contributed by atoms with E-state index in [9.17, 15) is 0 Å². The molecule has 1 aromatic heterocycles. The van der Waals surface area contributed by atoms with E-state index < -0.39 is 0 Å². The Balaban J connectivity index is 0.000000181. The molecule has 1 aromatic carbocycles. The summed E-state index contributed by atoms with van der Waals surface area (Å²) >= 11 is 0. The summed E-state index contributed by atoms with van der Waals surface area (Å²) < 4.78 is 0. The summed E-state index contributed by atoms with van der Waals surface area (Å²) in [6.45, 7) is 0. The van der Waals surface area contributed by atoms with Crippen LogP contribution in [-0.4, -0.2) is 19.1 Å². The number of pyridine rings is 1. The number of hydrogen-bond donors (Lipinski definition) is 2. The third-order valence-corrected chi connectivity index (χ3v) is 2.09. The zero-order valence-electron chi connectivity index (χ0n) is 10.2. The van der Waals surface area contributed by atoms with Crippen LogP contribution in [-0.2, 0) is 0 Å². The van der Waals surface area contributed by atoms with Crippen LogP contribution in [0.4, 0.5) is 17.1 Å². The van der Waals surface area contributed by atoms with Crippen molar-refractivity contribution in [1.29, 1.82) is 0 Å². The molecule has 0 bridgehead atoms. The van der Waals surface area contributed by atoms with E-state index in [1.54, 1.807) is 24.5 Å². The van der Waals surface area contributed by atoms with Gasteiger partial charge in [-0.05, 0) is 36.4 Å². The highest BCUT2D eigenvalue weighted by Gasteiger charge is 1.91. The minimum atomic E-state index is 0.711. The van der Waals surface area contributed by atoms with Gasteiger partial charge in [-0.3, -0.25) is 4.98 Å². The lowest BCUT2D eigenvalue weighted by Crippen LogP contribution is -2.08. The third-order valence-electron chi connectivity index (χ3n) is 2.09. The third kappa shape index (κ3) is 4.88. The molecule has 0 spiro atoms. The van der Waals surface area contributed by atoms with Gasteiger partial charge < -0.3 is 16.4 Å². The Morgan fingerprint density at radius 3 is 1.94 bits per heavy atom. The topological polar surface area (TPSA) is 68.2 Å².